The lowest BCUT2D eigenvalue weighted by Gasteiger charge is -2.33. The van der Waals surface area contributed by atoms with Crippen LogP contribution >= 0.6 is 11.6 Å². The van der Waals surface area contributed by atoms with Gasteiger partial charge in [0.25, 0.3) is 0 Å². The predicted molar refractivity (Wildman–Crippen MR) is 119 cm³/mol. The number of pyridine rings is 1. The van der Waals surface area contributed by atoms with Crippen LogP contribution in [0.25, 0.3) is 22.4 Å². The number of carbonyl (C=O) groups is 1. The molecule has 3 N–H and O–H groups in total. The summed E-state index contributed by atoms with van der Waals surface area (Å²) in [5.41, 5.74) is 1.34. The van der Waals surface area contributed by atoms with E-state index in [0.29, 0.717) is 41.7 Å². The molecule has 0 saturated carbocycles. The summed E-state index contributed by atoms with van der Waals surface area (Å²) < 4.78 is 14.5. The molecular weight excluding hydrogens is 421 g/mol. The Kier molecular flexibility index (Phi) is 6.50. The van der Waals surface area contributed by atoms with E-state index in [1.165, 1.54) is 0 Å². The quantitative estimate of drug-likeness (QED) is 0.494. The second kappa shape index (κ2) is 9.47. The number of nitrogens with one attached hydrogen (secondary N) is 3. The van der Waals surface area contributed by atoms with E-state index in [1.807, 2.05) is 0 Å². The van der Waals surface area contributed by atoms with Gasteiger partial charge in [0.2, 0.25) is 0 Å². The molecule has 8 nitrogen and oxygen atoms in total. The minimum atomic E-state index is -0.538. The Bertz CT molecular complexity index is 1070. The molecule has 10 heteroatoms. The van der Waals surface area contributed by atoms with Crippen molar-refractivity contribution in [1.29, 1.82) is 0 Å². The van der Waals surface area contributed by atoms with E-state index >= 15 is 0 Å². The van der Waals surface area contributed by atoms with Crippen LogP contribution in [0.15, 0.2) is 24.7 Å². The van der Waals surface area contributed by atoms with Crippen LogP contribution in [0.4, 0.5) is 15.0 Å². The van der Waals surface area contributed by atoms with Gasteiger partial charge >= 0.3 is 6.03 Å². The van der Waals surface area contributed by atoms with Gasteiger partial charge in [-0.15, -0.1) is 0 Å². The fourth-order valence-corrected chi connectivity index (χ4v) is 3.88. The van der Waals surface area contributed by atoms with Crippen molar-refractivity contribution in [3.8, 4) is 11.4 Å². The molecule has 1 saturated heterocycles. The van der Waals surface area contributed by atoms with E-state index < -0.39 is 5.82 Å². The highest BCUT2D eigenvalue weighted by molar-refractivity contribution is 6.31. The molecule has 1 atom stereocenters. The number of piperidine rings is 1. The van der Waals surface area contributed by atoms with Crippen molar-refractivity contribution in [2.24, 2.45) is 0 Å². The second-order valence-corrected chi connectivity index (χ2v) is 8.09. The van der Waals surface area contributed by atoms with Gasteiger partial charge in [-0.05, 0) is 25.3 Å². The second-order valence-electron chi connectivity index (χ2n) is 7.66. The summed E-state index contributed by atoms with van der Waals surface area (Å²) in [5, 5.41) is 7.36. The summed E-state index contributed by atoms with van der Waals surface area (Å²) in [6, 6.07) is 1.60. The van der Waals surface area contributed by atoms with Crippen LogP contribution in [0.3, 0.4) is 0 Å². The molecule has 0 spiro atoms. The first-order valence-corrected chi connectivity index (χ1v) is 10.9. The smallest absolute Gasteiger partial charge is 0.317 e. The van der Waals surface area contributed by atoms with Crippen molar-refractivity contribution in [3.63, 3.8) is 0 Å². The topological polar surface area (TPSA) is 98.8 Å². The number of hydrogen-bond acceptors (Lipinski definition) is 5. The highest BCUT2D eigenvalue weighted by Gasteiger charge is 2.25. The van der Waals surface area contributed by atoms with Gasteiger partial charge in [0.05, 0.1) is 11.2 Å². The van der Waals surface area contributed by atoms with Crippen LogP contribution < -0.4 is 10.6 Å². The van der Waals surface area contributed by atoms with Crippen LogP contribution in [0.2, 0.25) is 5.02 Å². The molecule has 4 rings (SSSR count). The van der Waals surface area contributed by atoms with E-state index in [1.54, 1.807) is 23.4 Å². The number of halogens is 2. The number of likely N-dealkylation sites (tertiary alicyclic amines) is 1. The lowest BCUT2D eigenvalue weighted by atomic mass is 10.1. The Morgan fingerprint density at radius 1 is 1.39 bits per heavy atom. The van der Waals surface area contributed by atoms with Gasteiger partial charge in [-0.1, -0.05) is 24.9 Å². The maximum atomic E-state index is 14.5. The zero-order valence-corrected chi connectivity index (χ0v) is 18.0. The first-order chi connectivity index (χ1) is 15.0. The molecule has 2 amide bonds. The third-order valence-corrected chi connectivity index (χ3v) is 5.55. The highest BCUT2D eigenvalue weighted by Crippen LogP contribution is 2.28. The van der Waals surface area contributed by atoms with Gasteiger partial charge < -0.3 is 20.5 Å². The first-order valence-electron chi connectivity index (χ1n) is 10.5. The maximum Gasteiger partial charge on any atom is 0.317 e. The van der Waals surface area contributed by atoms with Crippen LogP contribution in [0, 0.1) is 5.82 Å². The number of carbonyl (C=O) groups excluding carboxylic acids is 1. The lowest BCUT2D eigenvalue weighted by Crippen LogP contribution is -2.49. The predicted octanol–water partition coefficient (Wildman–Crippen LogP) is 4.20. The number of H-pyrrole nitrogens is 1. The maximum absolute atomic E-state index is 14.5. The van der Waals surface area contributed by atoms with E-state index in [9.17, 15) is 9.18 Å². The number of urea groups is 1. The monoisotopic (exact) mass is 445 g/mol. The molecule has 31 heavy (non-hydrogen) atoms. The van der Waals surface area contributed by atoms with Crippen molar-refractivity contribution >= 4 is 34.5 Å². The van der Waals surface area contributed by atoms with Gasteiger partial charge in [-0.2, -0.15) is 0 Å². The molecule has 1 fully saturated rings. The van der Waals surface area contributed by atoms with Crippen molar-refractivity contribution in [2.75, 3.05) is 25.0 Å². The van der Waals surface area contributed by atoms with Crippen molar-refractivity contribution in [2.45, 2.75) is 38.6 Å². The average molecular weight is 446 g/mol. The Morgan fingerprint density at radius 2 is 2.26 bits per heavy atom. The van der Waals surface area contributed by atoms with Gasteiger partial charge in [0, 0.05) is 49.0 Å². The molecule has 0 unspecified atom stereocenters. The Morgan fingerprint density at radius 3 is 3.10 bits per heavy atom. The third-order valence-electron chi connectivity index (χ3n) is 5.34. The van der Waals surface area contributed by atoms with Crippen LogP contribution in [-0.4, -0.2) is 56.5 Å². The van der Waals surface area contributed by atoms with E-state index in [4.69, 9.17) is 11.6 Å². The molecule has 3 aromatic rings. The summed E-state index contributed by atoms with van der Waals surface area (Å²) in [5.74, 6) is -0.0546. The standard InChI is InChI=1S/C21H25ClFN7O/c1-2-3-6-24-21(31)30-7-4-5-14(12-30)28-20-17(23)11-27-19(29-20)16-10-26-18-15(16)8-13(22)9-25-18/h8-11,14H,2-7,12H2,1H3,(H,24,31)(H,25,26)(H,27,28,29)/t14-/m1/s1. The SMILES string of the molecule is CCCCNC(=O)N1CCC[C@@H](Nc2nc(-c3c[nH]c4ncc(Cl)cc34)ncc2F)C1. The molecule has 0 aromatic carbocycles. The molecule has 1 aliphatic heterocycles. The number of fused-ring (bicyclic) bond motifs is 1. The summed E-state index contributed by atoms with van der Waals surface area (Å²) in [6.07, 6.45) is 8.07. The van der Waals surface area contributed by atoms with Gasteiger partial charge in [0.15, 0.2) is 17.5 Å². The number of rotatable bonds is 6. The summed E-state index contributed by atoms with van der Waals surface area (Å²) in [7, 11) is 0. The van der Waals surface area contributed by atoms with Gasteiger partial charge in [0.1, 0.15) is 5.65 Å². The number of nitrogens with zero attached hydrogens (tertiary/aromatic N) is 4. The Hall–Kier alpha value is -2.94. The van der Waals surface area contributed by atoms with Crippen LogP contribution in [0.5, 0.6) is 0 Å². The fraction of sp³-hybridized carbons (Fsp3) is 0.429. The third kappa shape index (κ3) is 4.87. The Labute approximate surface area is 184 Å². The van der Waals surface area contributed by atoms with E-state index in [-0.39, 0.29) is 17.9 Å². The van der Waals surface area contributed by atoms with Crippen LogP contribution in [-0.2, 0) is 0 Å². The molecule has 0 radical (unpaired) electrons. The number of hydrogen-bond donors (Lipinski definition) is 3. The summed E-state index contributed by atoms with van der Waals surface area (Å²) in [6.45, 7) is 3.93. The van der Waals surface area contributed by atoms with Crippen molar-refractivity contribution in [1.82, 2.24) is 30.2 Å². The minimum absolute atomic E-state index is 0.0769. The number of aromatic amines is 1. The average Bonchev–Trinajstić information content (AvgIpc) is 3.18. The van der Waals surface area contributed by atoms with Crippen molar-refractivity contribution < 1.29 is 9.18 Å². The summed E-state index contributed by atoms with van der Waals surface area (Å²) >= 11 is 6.07. The molecule has 0 bridgehead atoms. The van der Waals surface area contributed by atoms with Gasteiger partial charge in [-0.3, -0.25) is 0 Å². The largest absolute Gasteiger partial charge is 0.363 e. The summed E-state index contributed by atoms with van der Waals surface area (Å²) in [4.78, 5) is 30.0. The number of unbranched alkanes of at least 4 members (excludes halogenated alkanes) is 1. The molecule has 1 aliphatic rings. The van der Waals surface area contributed by atoms with E-state index in [2.05, 4.69) is 37.5 Å². The molecule has 164 valence electrons. The van der Waals surface area contributed by atoms with E-state index in [0.717, 1.165) is 37.3 Å². The highest BCUT2D eigenvalue weighted by atomic mass is 35.5. The number of anilines is 1. The van der Waals surface area contributed by atoms with Crippen LogP contribution in [0.1, 0.15) is 32.6 Å². The Balaban J connectivity index is 1.50. The fourth-order valence-electron chi connectivity index (χ4n) is 3.72. The molecule has 4 heterocycles. The van der Waals surface area contributed by atoms with Crippen molar-refractivity contribution in [3.05, 3.63) is 35.5 Å². The molecule has 3 aromatic heterocycles. The van der Waals surface area contributed by atoms with Gasteiger partial charge in [-0.25, -0.2) is 24.1 Å². The normalized spacial score (nSPS) is 16.5. The molecule has 0 aliphatic carbocycles. The lowest BCUT2D eigenvalue weighted by molar-refractivity contribution is 0.182. The number of aromatic nitrogens is 4. The zero-order valence-electron chi connectivity index (χ0n) is 17.3. The first kappa shape index (κ1) is 21.3. The minimum Gasteiger partial charge on any atom is -0.363 e. The zero-order chi connectivity index (χ0) is 21.8. The molecular formula is C21H25ClFN7O. The number of amides is 2.